The maximum atomic E-state index is 12.3. The Labute approximate surface area is 170 Å². The van der Waals surface area contributed by atoms with Gasteiger partial charge in [0.25, 0.3) is 5.91 Å². The molecule has 0 aliphatic carbocycles. The van der Waals surface area contributed by atoms with Crippen molar-refractivity contribution in [2.24, 2.45) is 5.73 Å². The van der Waals surface area contributed by atoms with Gasteiger partial charge in [-0.1, -0.05) is 18.2 Å². The predicted octanol–water partition coefficient (Wildman–Crippen LogP) is 4.78. The fourth-order valence-electron chi connectivity index (χ4n) is 4.36. The van der Waals surface area contributed by atoms with E-state index in [9.17, 15) is 4.79 Å². The van der Waals surface area contributed by atoms with Gasteiger partial charge in [0.2, 0.25) is 0 Å². The van der Waals surface area contributed by atoms with E-state index in [1.165, 1.54) is 23.4 Å². The first-order chi connectivity index (χ1) is 13.6. The third-order valence-electron chi connectivity index (χ3n) is 5.82. The SMILES string of the molecule is Cc1c(C(N)=O)c(-c2ccc(N3CCCC3)cc2)c(C)n1CCc1cccs1. The number of carbonyl (C=O) groups is 1. The maximum absolute atomic E-state index is 12.3. The molecule has 1 amide bonds. The van der Waals surface area contributed by atoms with Crippen LogP contribution in [0.5, 0.6) is 0 Å². The van der Waals surface area contributed by atoms with Gasteiger partial charge in [0, 0.05) is 47.2 Å². The van der Waals surface area contributed by atoms with Crippen molar-refractivity contribution in [1.82, 2.24) is 4.57 Å². The highest BCUT2D eigenvalue weighted by Gasteiger charge is 2.23. The molecule has 5 heteroatoms. The van der Waals surface area contributed by atoms with Gasteiger partial charge in [-0.05, 0) is 62.3 Å². The van der Waals surface area contributed by atoms with E-state index in [2.05, 4.69) is 58.2 Å². The van der Waals surface area contributed by atoms with E-state index in [1.807, 2.05) is 6.92 Å². The van der Waals surface area contributed by atoms with Crippen LogP contribution < -0.4 is 10.6 Å². The van der Waals surface area contributed by atoms with E-state index < -0.39 is 0 Å². The topological polar surface area (TPSA) is 51.3 Å². The monoisotopic (exact) mass is 393 g/mol. The third-order valence-corrected chi connectivity index (χ3v) is 6.76. The van der Waals surface area contributed by atoms with Gasteiger partial charge in [-0.2, -0.15) is 0 Å². The smallest absolute Gasteiger partial charge is 0.251 e. The molecule has 1 aromatic carbocycles. The molecule has 1 fully saturated rings. The number of hydrogen-bond donors (Lipinski definition) is 1. The Morgan fingerprint density at radius 3 is 2.39 bits per heavy atom. The van der Waals surface area contributed by atoms with Gasteiger partial charge in [-0.3, -0.25) is 4.79 Å². The van der Waals surface area contributed by atoms with Gasteiger partial charge >= 0.3 is 0 Å². The molecule has 28 heavy (non-hydrogen) atoms. The Morgan fingerprint density at radius 1 is 1.07 bits per heavy atom. The summed E-state index contributed by atoms with van der Waals surface area (Å²) in [7, 11) is 0. The molecule has 1 aliphatic heterocycles. The molecule has 0 atom stereocenters. The number of aromatic nitrogens is 1. The summed E-state index contributed by atoms with van der Waals surface area (Å²) < 4.78 is 2.24. The van der Waals surface area contributed by atoms with E-state index >= 15 is 0 Å². The minimum absolute atomic E-state index is 0.353. The number of amides is 1. The number of thiophene rings is 1. The van der Waals surface area contributed by atoms with Crippen molar-refractivity contribution in [1.29, 1.82) is 0 Å². The van der Waals surface area contributed by atoms with Crippen molar-refractivity contribution >= 4 is 22.9 Å². The second-order valence-corrected chi connectivity index (χ2v) is 8.54. The van der Waals surface area contributed by atoms with Crippen molar-refractivity contribution < 1.29 is 4.79 Å². The second-order valence-electron chi connectivity index (χ2n) is 7.51. The minimum atomic E-state index is -0.353. The lowest BCUT2D eigenvalue weighted by Crippen LogP contribution is -2.17. The lowest BCUT2D eigenvalue weighted by molar-refractivity contribution is 0.1000. The molecule has 0 bridgehead atoms. The summed E-state index contributed by atoms with van der Waals surface area (Å²) in [4.78, 5) is 16.1. The summed E-state index contributed by atoms with van der Waals surface area (Å²) in [6, 6.07) is 12.8. The van der Waals surface area contributed by atoms with Crippen molar-refractivity contribution in [2.45, 2.75) is 39.7 Å². The number of benzene rings is 1. The Balaban J connectivity index is 1.69. The van der Waals surface area contributed by atoms with Gasteiger partial charge in [-0.25, -0.2) is 0 Å². The molecule has 2 N–H and O–H groups in total. The molecule has 2 aromatic heterocycles. The fraction of sp³-hybridized carbons (Fsp3) is 0.348. The predicted molar refractivity (Wildman–Crippen MR) is 117 cm³/mol. The Bertz CT molecular complexity index is 964. The molecule has 1 saturated heterocycles. The first-order valence-corrected chi connectivity index (χ1v) is 10.8. The summed E-state index contributed by atoms with van der Waals surface area (Å²) in [5.41, 5.74) is 11.8. The molecule has 3 aromatic rings. The summed E-state index contributed by atoms with van der Waals surface area (Å²) in [5.74, 6) is -0.353. The standard InChI is InChI=1S/C23H27N3OS/c1-16-21(18-7-9-19(10-8-18)25-12-3-4-13-25)22(23(24)27)17(2)26(16)14-11-20-6-5-15-28-20/h5-10,15H,3-4,11-14H2,1-2H3,(H2,24,27). The average Bonchev–Trinajstić information content (AvgIpc) is 3.42. The van der Waals surface area contributed by atoms with Gasteiger partial charge < -0.3 is 15.2 Å². The molecule has 1 aliphatic rings. The maximum Gasteiger partial charge on any atom is 0.251 e. The van der Waals surface area contributed by atoms with E-state index in [0.717, 1.165) is 48.6 Å². The summed E-state index contributed by atoms with van der Waals surface area (Å²) >= 11 is 1.77. The highest BCUT2D eigenvalue weighted by Crippen LogP contribution is 2.34. The molecule has 0 saturated carbocycles. The van der Waals surface area contributed by atoms with E-state index in [1.54, 1.807) is 11.3 Å². The molecule has 146 valence electrons. The van der Waals surface area contributed by atoms with Crippen LogP contribution in [0.15, 0.2) is 41.8 Å². The number of nitrogens with two attached hydrogens (primary N) is 1. The van der Waals surface area contributed by atoms with Crippen molar-refractivity contribution in [3.8, 4) is 11.1 Å². The lowest BCUT2D eigenvalue weighted by atomic mass is 9.99. The number of anilines is 1. The van der Waals surface area contributed by atoms with Crippen molar-refractivity contribution in [2.75, 3.05) is 18.0 Å². The third kappa shape index (κ3) is 3.47. The normalized spacial score (nSPS) is 14.0. The van der Waals surface area contributed by atoms with Crippen LogP contribution in [0.4, 0.5) is 5.69 Å². The fourth-order valence-corrected chi connectivity index (χ4v) is 5.06. The van der Waals surface area contributed by atoms with Gasteiger partial charge in [0.1, 0.15) is 0 Å². The first kappa shape index (κ1) is 18.8. The van der Waals surface area contributed by atoms with Gasteiger partial charge in [0.05, 0.1) is 5.56 Å². The minimum Gasteiger partial charge on any atom is -0.372 e. The molecule has 4 nitrogen and oxygen atoms in total. The van der Waals surface area contributed by atoms with Crippen LogP contribution in [0, 0.1) is 13.8 Å². The van der Waals surface area contributed by atoms with Gasteiger partial charge in [0.15, 0.2) is 0 Å². The molecule has 3 heterocycles. The van der Waals surface area contributed by atoms with E-state index in [-0.39, 0.29) is 5.91 Å². The van der Waals surface area contributed by atoms with Crippen LogP contribution in [0.25, 0.3) is 11.1 Å². The number of carbonyl (C=O) groups excluding carboxylic acids is 1. The van der Waals surface area contributed by atoms with E-state index in [4.69, 9.17) is 5.73 Å². The van der Waals surface area contributed by atoms with Crippen LogP contribution >= 0.6 is 11.3 Å². The summed E-state index contributed by atoms with van der Waals surface area (Å²) in [5, 5.41) is 2.10. The summed E-state index contributed by atoms with van der Waals surface area (Å²) in [6.45, 7) is 7.21. The van der Waals surface area contributed by atoms with Gasteiger partial charge in [-0.15, -0.1) is 11.3 Å². The number of nitrogens with zero attached hydrogens (tertiary/aromatic N) is 2. The first-order valence-electron chi connectivity index (χ1n) is 9.93. The average molecular weight is 394 g/mol. The lowest BCUT2D eigenvalue weighted by Gasteiger charge is -2.18. The number of hydrogen-bond acceptors (Lipinski definition) is 3. The number of primary amides is 1. The van der Waals surface area contributed by atoms with Crippen LogP contribution in [0.3, 0.4) is 0 Å². The van der Waals surface area contributed by atoms with Crippen LogP contribution in [0.1, 0.15) is 39.5 Å². The highest BCUT2D eigenvalue weighted by atomic mass is 32.1. The molecule has 0 unspecified atom stereocenters. The largest absolute Gasteiger partial charge is 0.372 e. The van der Waals surface area contributed by atoms with Crippen molar-refractivity contribution in [3.63, 3.8) is 0 Å². The zero-order valence-corrected chi connectivity index (χ0v) is 17.4. The molecular weight excluding hydrogens is 366 g/mol. The van der Waals surface area contributed by atoms with Crippen LogP contribution in [-0.4, -0.2) is 23.6 Å². The molecule has 0 spiro atoms. The molecule has 0 radical (unpaired) electrons. The number of aryl methyl sites for hydroxylation is 1. The van der Waals surface area contributed by atoms with Crippen molar-refractivity contribution in [3.05, 3.63) is 63.6 Å². The Hall–Kier alpha value is -2.53. The van der Waals surface area contributed by atoms with Crippen LogP contribution in [0.2, 0.25) is 0 Å². The quantitative estimate of drug-likeness (QED) is 0.655. The Kier molecular flexibility index (Phi) is 5.27. The molecule has 4 rings (SSSR count). The van der Waals surface area contributed by atoms with E-state index in [0.29, 0.717) is 5.56 Å². The summed E-state index contributed by atoms with van der Waals surface area (Å²) in [6.07, 6.45) is 3.48. The molecular formula is C23H27N3OS. The zero-order chi connectivity index (χ0) is 19.7. The Morgan fingerprint density at radius 2 is 1.79 bits per heavy atom. The number of rotatable bonds is 6. The second kappa shape index (κ2) is 7.84. The van der Waals surface area contributed by atoms with Crippen LogP contribution in [-0.2, 0) is 13.0 Å². The highest BCUT2D eigenvalue weighted by molar-refractivity contribution is 7.09. The zero-order valence-electron chi connectivity index (χ0n) is 16.6.